The molecule has 2 rings (SSSR count). The molecule has 0 amide bonds. The predicted molar refractivity (Wildman–Crippen MR) is 88.5 cm³/mol. The van der Waals surface area contributed by atoms with Crippen LogP contribution in [0, 0.1) is 0 Å². The number of nitrogens with two attached hydrogens (primary N) is 2. The van der Waals surface area contributed by atoms with Crippen LogP contribution in [0.1, 0.15) is 20.7 Å². The molecule has 2 aromatic rings. The van der Waals surface area contributed by atoms with Crippen molar-refractivity contribution in [1.29, 1.82) is 0 Å². The van der Waals surface area contributed by atoms with E-state index < -0.39 is 35.2 Å². The number of Topliss-reactive ketones (excluding diaryl/α,β-unsaturated/α-hetero) is 1. The number of esters is 1. The lowest BCUT2D eigenvalue weighted by Gasteiger charge is -2.11. The first kappa shape index (κ1) is 17.8. The van der Waals surface area contributed by atoms with Gasteiger partial charge in [0.05, 0.1) is 5.56 Å². The van der Waals surface area contributed by atoms with E-state index in [4.69, 9.17) is 16.2 Å². The number of aromatic hydroxyl groups is 1. The second kappa shape index (κ2) is 6.51. The zero-order valence-electron chi connectivity index (χ0n) is 13.5. The Kier molecular flexibility index (Phi) is 4.63. The summed E-state index contributed by atoms with van der Waals surface area (Å²) in [6.45, 7) is -0.786. The number of hydrogen-bond donors (Lipinski definition) is 3. The minimum atomic E-state index is -0.957. The van der Waals surface area contributed by atoms with Gasteiger partial charge in [-0.1, -0.05) is 0 Å². The number of phenolic OH excluding ortho intramolecular Hbond substituents is 1. The van der Waals surface area contributed by atoms with Gasteiger partial charge in [0, 0.05) is 19.8 Å². The van der Waals surface area contributed by atoms with E-state index >= 15 is 0 Å². The SMILES string of the molecule is Cn1c(N)c(C(=O)COC(=O)c2cc(O)ccc2N)c(=O)n(C)c1=O. The van der Waals surface area contributed by atoms with Crippen LogP contribution < -0.4 is 22.7 Å². The van der Waals surface area contributed by atoms with Crippen LogP contribution in [0.4, 0.5) is 11.5 Å². The molecule has 5 N–H and O–H groups in total. The number of rotatable bonds is 4. The van der Waals surface area contributed by atoms with Crippen molar-refractivity contribution in [1.82, 2.24) is 9.13 Å². The first-order valence-corrected chi connectivity index (χ1v) is 6.99. The molecule has 0 saturated heterocycles. The Hall–Kier alpha value is -3.56. The van der Waals surface area contributed by atoms with E-state index in [1.54, 1.807) is 0 Å². The average Bonchev–Trinajstić information content (AvgIpc) is 2.58. The monoisotopic (exact) mass is 348 g/mol. The average molecular weight is 348 g/mol. The molecular formula is C15H16N4O6. The summed E-state index contributed by atoms with van der Waals surface area (Å²) in [6, 6.07) is 3.67. The number of ketones is 1. The number of aromatic nitrogens is 2. The smallest absolute Gasteiger partial charge is 0.340 e. The van der Waals surface area contributed by atoms with Crippen LogP contribution in [0.3, 0.4) is 0 Å². The number of hydrogen-bond acceptors (Lipinski definition) is 8. The summed E-state index contributed by atoms with van der Waals surface area (Å²) in [4.78, 5) is 48.0. The van der Waals surface area contributed by atoms with Crippen molar-refractivity contribution in [2.75, 3.05) is 18.1 Å². The Morgan fingerprint density at radius 3 is 2.44 bits per heavy atom. The van der Waals surface area contributed by atoms with Gasteiger partial charge in [0.25, 0.3) is 5.56 Å². The van der Waals surface area contributed by atoms with Gasteiger partial charge in [-0.05, 0) is 18.2 Å². The fourth-order valence-corrected chi connectivity index (χ4v) is 2.12. The maximum absolute atomic E-state index is 12.2. The van der Waals surface area contributed by atoms with Crippen molar-refractivity contribution in [3.8, 4) is 5.75 Å². The summed E-state index contributed by atoms with van der Waals surface area (Å²) < 4.78 is 6.48. The van der Waals surface area contributed by atoms with Crippen molar-refractivity contribution < 1.29 is 19.4 Å². The molecule has 0 spiro atoms. The minimum Gasteiger partial charge on any atom is -0.508 e. The summed E-state index contributed by atoms with van der Waals surface area (Å²) in [5, 5.41) is 9.38. The number of anilines is 2. The Bertz CT molecular complexity index is 989. The van der Waals surface area contributed by atoms with Crippen LogP contribution in [-0.2, 0) is 18.8 Å². The van der Waals surface area contributed by atoms with E-state index in [1.807, 2.05) is 0 Å². The van der Waals surface area contributed by atoms with Crippen LogP contribution >= 0.6 is 0 Å². The Morgan fingerprint density at radius 2 is 1.80 bits per heavy atom. The summed E-state index contributed by atoms with van der Waals surface area (Å²) >= 11 is 0. The molecule has 0 unspecified atom stereocenters. The van der Waals surface area contributed by atoms with Gasteiger partial charge in [-0.25, -0.2) is 9.59 Å². The molecule has 0 atom stereocenters. The normalized spacial score (nSPS) is 10.5. The molecule has 0 radical (unpaired) electrons. The third-order valence-electron chi connectivity index (χ3n) is 3.58. The van der Waals surface area contributed by atoms with Gasteiger partial charge < -0.3 is 21.3 Å². The fraction of sp³-hybridized carbons (Fsp3) is 0.200. The molecule has 1 aromatic carbocycles. The zero-order chi connectivity index (χ0) is 18.9. The molecule has 0 bridgehead atoms. The first-order valence-electron chi connectivity index (χ1n) is 6.99. The van der Waals surface area contributed by atoms with Crippen molar-refractivity contribution in [3.63, 3.8) is 0 Å². The van der Waals surface area contributed by atoms with Crippen LogP contribution in [0.25, 0.3) is 0 Å². The largest absolute Gasteiger partial charge is 0.508 e. The van der Waals surface area contributed by atoms with Crippen molar-refractivity contribution >= 4 is 23.3 Å². The minimum absolute atomic E-state index is 0.0489. The van der Waals surface area contributed by atoms with Gasteiger partial charge in [-0.15, -0.1) is 0 Å². The van der Waals surface area contributed by atoms with Gasteiger partial charge >= 0.3 is 11.7 Å². The second-order valence-corrected chi connectivity index (χ2v) is 5.24. The first-order chi connectivity index (χ1) is 11.6. The Balaban J connectivity index is 2.27. The van der Waals surface area contributed by atoms with Gasteiger partial charge in [0.2, 0.25) is 5.78 Å². The number of carbonyl (C=O) groups excluding carboxylic acids is 2. The van der Waals surface area contributed by atoms with Crippen LogP contribution in [0.5, 0.6) is 5.75 Å². The predicted octanol–water partition coefficient (Wildman–Crippen LogP) is -1.01. The van der Waals surface area contributed by atoms with Crippen LogP contribution in [0.2, 0.25) is 0 Å². The standard InChI is InChI=1S/C15H16N4O6/c1-18-12(17)11(13(22)19(2)15(18)24)10(21)6-25-14(23)8-5-7(20)3-4-9(8)16/h3-5,20H,6,16-17H2,1-2H3. The number of phenols is 1. The molecule has 0 aliphatic rings. The number of nitrogens with zero attached hydrogens (tertiary/aromatic N) is 2. The maximum Gasteiger partial charge on any atom is 0.340 e. The molecule has 1 aromatic heterocycles. The molecule has 132 valence electrons. The van der Waals surface area contributed by atoms with Crippen molar-refractivity contribution in [2.24, 2.45) is 14.1 Å². The van der Waals surface area contributed by atoms with E-state index in [0.717, 1.165) is 15.2 Å². The summed E-state index contributed by atoms with van der Waals surface area (Å²) in [7, 11) is 2.49. The highest BCUT2D eigenvalue weighted by Crippen LogP contribution is 2.19. The van der Waals surface area contributed by atoms with E-state index in [0.29, 0.717) is 0 Å². The third kappa shape index (κ3) is 3.22. The van der Waals surface area contributed by atoms with Gasteiger partial charge in [-0.2, -0.15) is 0 Å². The summed E-state index contributed by atoms with van der Waals surface area (Å²) in [5.74, 6) is -2.36. The summed E-state index contributed by atoms with van der Waals surface area (Å²) in [6.07, 6.45) is 0. The lowest BCUT2D eigenvalue weighted by atomic mass is 10.1. The Labute approximate surface area is 140 Å². The van der Waals surface area contributed by atoms with Crippen LogP contribution in [-0.4, -0.2) is 32.6 Å². The number of nitrogen functional groups attached to an aromatic ring is 2. The quantitative estimate of drug-likeness (QED) is 0.274. The molecule has 25 heavy (non-hydrogen) atoms. The van der Waals surface area contributed by atoms with E-state index in [1.165, 1.54) is 26.2 Å². The highest BCUT2D eigenvalue weighted by molar-refractivity contribution is 6.03. The summed E-state index contributed by atoms with van der Waals surface area (Å²) in [5.41, 5.74) is 9.13. The molecule has 10 heteroatoms. The second-order valence-electron chi connectivity index (χ2n) is 5.24. The number of ether oxygens (including phenoxy) is 1. The molecule has 0 saturated carbocycles. The third-order valence-corrected chi connectivity index (χ3v) is 3.58. The molecule has 10 nitrogen and oxygen atoms in total. The van der Waals surface area contributed by atoms with Crippen LogP contribution in [0.15, 0.2) is 27.8 Å². The topological polar surface area (TPSA) is 160 Å². The van der Waals surface area contributed by atoms with Gasteiger partial charge in [-0.3, -0.25) is 18.7 Å². The zero-order valence-corrected chi connectivity index (χ0v) is 13.5. The molecule has 0 aliphatic carbocycles. The Morgan fingerprint density at radius 1 is 1.16 bits per heavy atom. The highest BCUT2D eigenvalue weighted by atomic mass is 16.5. The fourth-order valence-electron chi connectivity index (χ4n) is 2.12. The maximum atomic E-state index is 12.2. The number of carbonyl (C=O) groups is 2. The van der Waals surface area contributed by atoms with Crippen molar-refractivity contribution in [3.05, 3.63) is 50.2 Å². The lowest BCUT2D eigenvalue weighted by molar-refractivity contribution is 0.0475. The van der Waals surface area contributed by atoms with Gasteiger partial charge in [0.15, 0.2) is 6.61 Å². The molecular weight excluding hydrogens is 332 g/mol. The van der Waals surface area contributed by atoms with Gasteiger partial charge in [0.1, 0.15) is 17.1 Å². The van der Waals surface area contributed by atoms with E-state index in [2.05, 4.69) is 0 Å². The lowest BCUT2D eigenvalue weighted by Crippen LogP contribution is -2.42. The molecule has 0 aliphatic heterocycles. The molecule has 1 heterocycles. The van der Waals surface area contributed by atoms with E-state index in [9.17, 15) is 24.3 Å². The molecule has 0 fully saturated rings. The van der Waals surface area contributed by atoms with E-state index in [-0.39, 0.29) is 22.8 Å². The highest BCUT2D eigenvalue weighted by Gasteiger charge is 2.22. The number of benzene rings is 1. The van der Waals surface area contributed by atoms with Crippen molar-refractivity contribution in [2.45, 2.75) is 0 Å².